The van der Waals surface area contributed by atoms with Gasteiger partial charge in [0.2, 0.25) is 0 Å². The summed E-state index contributed by atoms with van der Waals surface area (Å²) in [7, 11) is 5.66. The monoisotopic (exact) mass is 239 g/mol. The van der Waals surface area contributed by atoms with Crippen LogP contribution in [0.1, 0.15) is 27.2 Å². The summed E-state index contributed by atoms with van der Waals surface area (Å²) in [4.78, 5) is 11.0. The van der Waals surface area contributed by atoms with Crippen molar-refractivity contribution in [3.63, 3.8) is 0 Å². The molecule has 0 aliphatic carbocycles. The Morgan fingerprint density at radius 1 is 1.57 bits per heavy atom. The molecule has 0 bridgehead atoms. The standard InChI is InChI=1S/C9H18ClNO2S/c1-4-13-9(12)5-6-11(14-10)7-8(2)3/h8H,4-7H2,1-3H3. The highest BCUT2D eigenvalue weighted by atomic mass is 35.7. The van der Waals surface area contributed by atoms with E-state index in [-0.39, 0.29) is 5.97 Å². The minimum absolute atomic E-state index is 0.160. The fourth-order valence-corrected chi connectivity index (χ4v) is 1.90. The van der Waals surface area contributed by atoms with Crippen molar-refractivity contribution in [3.8, 4) is 0 Å². The molecule has 14 heavy (non-hydrogen) atoms. The highest BCUT2D eigenvalue weighted by molar-refractivity contribution is 8.19. The lowest BCUT2D eigenvalue weighted by Gasteiger charge is -2.18. The lowest BCUT2D eigenvalue weighted by Crippen LogP contribution is -2.23. The number of ether oxygens (including phenoxy) is 1. The molecule has 0 atom stereocenters. The first kappa shape index (κ1) is 14.1. The van der Waals surface area contributed by atoms with Gasteiger partial charge in [-0.3, -0.25) is 4.79 Å². The van der Waals surface area contributed by atoms with E-state index >= 15 is 0 Å². The van der Waals surface area contributed by atoms with E-state index in [9.17, 15) is 4.79 Å². The van der Waals surface area contributed by atoms with Crippen molar-refractivity contribution in [1.82, 2.24) is 4.31 Å². The highest BCUT2D eigenvalue weighted by Crippen LogP contribution is 2.16. The number of carbonyl (C=O) groups excluding carboxylic acids is 1. The Kier molecular flexibility index (Phi) is 8.43. The Labute approximate surface area is 94.8 Å². The van der Waals surface area contributed by atoms with E-state index < -0.39 is 0 Å². The van der Waals surface area contributed by atoms with Crippen LogP contribution in [0, 0.1) is 5.92 Å². The first-order chi connectivity index (χ1) is 6.60. The number of carbonyl (C=O) groups is 1. The van der Waals surface area contributed by atoms with Crippen LogP contribution in [0.15, 0.2) is 0 Å². The molecule has 0 aromatic rings. The number of hydrogen-bond donors (Lipinski definition) is 0. The van der Waals surface area contributed by atoms with Crippen molar-refractivity contribution >= 4 is 27.8 Å². The predicted molar refractivity (Wildman–Crippen MR) is 61.1 cm³/mol. The van der Waals surface area contributed by atoms with Gasteiger partial charge < -0.3 is 4.74 Å². The zero-order chi connectivity index (χ0) is 11.0. The Morgan fingerprint density at radius 3 is 2.64 bits per heavy atom. The van der Waals surface area contributed by atoms with Gasteiger partial charge in [-0.1, -0.05) is 13.8 Å². The lowest BCUT2D eigenvalue weighted by molar-refractivity contribution is -0.143. The molecule has 0 N–H and O–H groups in total. The Hall–Kier alpha value is 0.0700. The number of nitrogens with zero attached hydrogens (tertiary/aromatic N) is 1. The van der Waals surface area contributed by atoms with Crippen LogP contribution >= 0.6 is 21.8 Å². The first-order valence-electron chi connectivity index (χ1n) is 4.79. The quantitative estimate of drug-likeness (QED) is 0.505. The fraction of sp³-hybridized carbons (Fsp3) is 0.889. The molecule has 0 spiro atoms. The molecule has 0 fully saturated rings. The maximum absolute atomic E-state index is 11.0. The third kappa shape index (κ3) is 7.47. The third-order valence-electron chi connectivity index (χ3n) is 1.54. The molecule has 0 unspecified atom stereocenters. The van der Waals surface area contributed by atoms with E-state index in [0.29, 0.717) is 25.5 Å². The second-order valence-electron chi connectivity index (χ2n) is 3.41. The van der Waals surface area contributed by atoms with E-state index in [0.717, 1.165) is 17.7 Å². The van der Waals surface area contributed by atoms with Crippen LogP contribution in [0.2, 0.25) is 0 Å². The first-order valence-corrected chi connectivity index (χ1v) is 6.39. The normalized spacial score (nSPS) is 11.0. The molecule has 0 aromatic heterocycles. The SMILES string of the molecule is CCOC(=O)CCN(CC(C)C)SCl. The zero-order valence-electron chi connectivity index (χ0n) is 8.96. The van der Waals surface area contributed by atoms with Gasteiger partial charge in [0.05, 0.1) is 13.0 Å². The maximum atomic E-state index is 11.0. The largest absolute Gasteiger partial charge is 0.466 e. The van der Waals surface area contributed by atoms with Crippen molar-refractivity contribution in [1.29, 1.82) is 0 Å². The lowest BCUT2D eigenvalue weighted by atomic mass is 10.2. The van der Waals surface area contributed by atoms with Crippen LogP contribution in [0.3, 0.4) is 0 Å². The van der Waals surface area contributed by atoms with Gasteiger partial charge in [-0.2, -0.15) is 0 Å². The summed E-state index contributed by atoms with van der Waals surface area (Å²) in [5.74, 6) is 0.385. The van der Waals surface area contributed by atoms with E-state index in [2.05, 4.69) is 13.8 Å². The van der Waals surface area contributed by atoms with E-state index in [1.54, 1.807) is 6.92 Å². The molecular formula is C9H18ClNO2S. The minimum Gasteiger partial charge on any atom is -0.466 e. The highest BCUT2D eigenvalue weighted by Gasteiger charge is 2.10. The Bertz CT molecular complexity index is 167. The summed E-state index contributed by atoms with van der Waals surface area (Å²) in [5.41, 5.74) is 0. The smallest absolute Gasteiger partial charge is 0.307 e. The number of hydrogen-bond acceptors (Lipinski definition) is 4. The van der Waals surface area contributed by atoms with Crippen LogP contribution < -0.4 is 0 Å². The van der Waals surface area contributed by atoms with Crippen molar-refractivity contribution in [2.45, 2.75) is 27.2 Å². The van der Waals surface area contributed by atoms with Crippen LogP contribution in [-0.2, 0) is 9.53 Å². The van der Waals surface area contributed by atoms with Gasteiger partial charge in [-0.05, 0) is 23.5 Å². The average molecular weight is 240 g/mol. The van der Waals surface area contributed by atoms with E-state index in [1.807, 2.05) is 4.31 Å². The molecule has 0 radical (unpaired) electrons. The molecular weight excluding hydrogens is 222 g/mol. The van der Waals surface area contributed by atoms with E-state index in [4.69, 9.17) is 15.4 Å². The van der Waals surface area contributed by atoms with Gasteiger partial charge in [0.25, 0.3) is 0 Å². The molecule has 0 saturated heterocycles. The summed E-state index contributed by atoms with van der Waals surface area (Å²) in [6.45, 7) is 8.00. The molecule has 0 aliphatic heterocycles. The summed E-state index contributed by atoms with van der Waals surface area (Å²) in [6, 6.07) is 0. The molecule has 0 heterocycles. The van der Waals surface area contributed by atoms with Gasteiger partial charge in [-0.15, -0.1) is 0 Å². The second-order valence-corrected chi connectivity index (χ2v) is 4.47. The molecule has 0 rings (SSSR count). The van der Waals surface area contributed by atoms with Crippen LogP contribution in [0.25, 0.3) is 0 Å². The maximum Gasteiger partial charge on any atom is 0.307 e. The van der Waals surface area contributed by atoms with Crippen molar-refractivity contribution < 1.29 is 9.53 Å². The van der Waals surface area contributed by atoms with Gasteiger partial charge in [0.1, 0.15) is 0 Å². The van der Waals surface area contributed by atoms with Gasteiger partial charge >= 0.3 is 5.97 Å². The third-order valence-corrected chi connectivity index (χ3v) is 2.65. The molecule has 0 aliphatic rings. The van der Waals surface area contributed by atoms with Crippen LogP contribution in [-0.4, -0.2) is 30.0 Å². The number of rotatable bonds is 7. The summed E-state index contributed by atoms with van der Waals surface area (Å²) < 4.78 is 6.79. The van der Waals surface area contributed by atoms with Crippen LogP contribution in [0.4, 0.5) is 0 Å². The van der Waals surface area contributed by atoms with E-state index in [1.165, 1.54) is 0 Å². The minimum atomic E-state index is -0.160. The molecule has 0 amide bonds. The topological polar surface area (TPSA) is 29.5 Å². The Morgan fingerprint density at radius 2 is 2.21 bits per heavy atom. The molecule has 3 nitrogen and oxygen atoms in total. The van der Waals surface area contributed by atoms with Crippen molar-refractivity contribution in [3.05, 3.63) is 0 Å². The summed E-state index contributed by atoms with van der Waals surface area (Å²) in [6.07, 6.45) is 0.403. The van der Waals surface area contributed by atoms with Gasteiger partial charge in [0.15, 0.2) is 0 Å². The molecule has 0 aromatic carbocycles. The summed E-state index contributed by atoms with van der Waals surface area (Å²) in [5, 5.41) is 0. The average Bonchev–Trinajstić information content (AvgIpc) is 2.12. The number of halogens is 1. The van der Waals surface area contributed by atoms with Gasteiger partial charge in [-0.25, -0.2) is 4.31 Å². The molecule has 84 valence electrons. The zero-order valence-corrected chi connectivity index (χ0v) is 10.5. The molecule has 0 saturated carbocycles. The summed E-state index contributed by atoms with van der Waals surface area (Å²) >= 11 is 1.16. The molecule has 5 heteroatoms. The predicted octanol–water partition coefficient (Wildman–Crippen LogP) is 2.70. The Balaban J connectivity index is 3.66. The second kappa shape index (κ2) is 8.38. The van der Waals surface area contributed by atoms with Crippen molar-refractivity contribution in [2.75, 3.05) is 19.7 Å². The van der Waals surface area contributed by atoms with Crippen molar-refractivity contribution in [2.24, 2.45) is 5.92 Å². The fourth-order valence-electron chi connectivity index (χ4n) is 1.01. The van der Waals surface area contributed by atoms with Crippen LogP contribution in [0.5, 0.6) is 0 Å². The number of esters is 1. The van der Waals surface area contributed by atoms with Gasteiger partial charge in [0, 0.05) is 24.3 Å².